The number of amides is 2. The molecular weight excluding hydrogens is 540 g/mol. The van der Waals surface area contributed by atoms with E-state index in [1.165, 1.54) is 0 Å². The van der Waals surface area contributed by atoms with Gasteiger partial charge in [0.2, 0.25) is 11.8 Å². The molecule has 0 aromatic heterocycles. The summed E-state index contributed by atoms with van der Waals surface area (Å²) in [5.74, 6) is -2.37. The third kappa shape index (κ3) is 28.7. The third-order valence-electron chi connectivity index (χ3n) is 5.87. The van der Waals surface area contributed by atoms with Crippen molar-refractivity contribution >= 4 is 30.0 Å². The normalized spacial score (nSPS) is 11.6. The monoisotopic (exact) mass is 589 g/mol. The van der Waals surface area contributed by atoms with Gasteiger partial charge in [-0.3, -0.25) is 19.2 Å². The van der Waals surface area contributed by atoms with E-state index in [9.17, 15) is 24.0 Å². The molecule has 0 heterocycles. The Morgan fingerprint density at radius 3 is 1.61 bits per heavy atom. The molecule has 0 aliphatic carbocycles. The largest absolute Gasteiger partial charge is 0.481 e. The second-order valence-corrected chi connectivity index (χ2v) is 9.41. The van der Waals surface area contributed by atoms with Crippen LogP contribution in [0.15, 0.2) is 0 Å². The van der Waals surface area contributed by atoms with Crippen LogP contribution in [0.2, 0.25) is 0 Å². The topological polar surface area (TPSA) is 187 Å². The van der Waals surface area contributed by atoms with Gasteiger partial charge < -0.3 is 39.8 Å². The minimum absolute atomic E-state index is 0.00227. The summed E-state index contributed by atoms with van der Waals surface area (Å²) in [6, 6.07) is -1.11. The SMILES string of the molecule is O=[C]CCC(NC(=O)CCOCCOCCOCCOCCNC(=O)CCCCCCCCCCC(=O)O)C(=O)O. The van der Waals surface area contributed by atoms with Crippen LogP contribution in [0.3, 0.4) is 0 Å². The average molecular weight is 590 g/mol. The fourth-order valence-electron chi connectivity index (χ4n) is 3.63. The van der Waals surface area contributed by atoms with Crippen molar-refractivity contribution in [2.24, 2.45) is 0 Å². The highest BCUT2D eigenvalue weighted by molar-refractivity contribution is 5.83. The highest BCUT2D eigenvalue weighted by Gasteiger charge is 2.19. The Labute approximate surface area is 243 Å². The molecule has 237 valence electrons. The van der Waals surface area contributed by atoms with E-state index in [1.54, 1.807) is 6.29 Å². The zero-order chi connectivity index (χ0) is 30.4. The summed E-state index contributed by atoms with van der Waals surface area (Å²) in [6.07, 6.45) is 10.3. The quantitative estimate of drug-likeness (QED) is 0.0866. The number of ether oxygens (including phenoxy) is 4. The van der Waals surface area contributed by atoms with Gasteiger partial charge in [-0.05, 0) is 19.3 Å². The predicted molar refractivity (Wildman–Crippen MR) is 149 cm³/mol. The Hall–Kier alpha value is -2.61. The molecule has 1 radical (unpaired) electrons. The lowest BCUT2D eigenvalue weighted by atomic mass is 10.1. The first-order valence-electron chi connectivity index (χ1n) is 14.5. The molecule has 0 aromatic carbocycles. The highest BCUT2D eigenvalue weighted by atomic mass is 16.6. The number of carbonyl (C=O) groups is 4. The number of hydrogen-bond acceptors (Lipinski definition) is 9. The Kier molecular flexibility index (Phi) is 27.1. The van der Waals surface area contributed by atoms with Gasteiger partial charge in [-0.1, -0.05) is 38.5 Å². The lowest BCUT2D eigenvalue weighted by molar-refractivity contribution is -0.142. The van der Waals surface area contributed by atoms with Gasteiger partial charge in [0.25, 0.3) is 0 Å². The van der Waals surface area contributed by atoms with Gasteiger partial charge in [-0.2, -0.15) is 0 Å². The number of unbranched alkanes of at least 4 members (excludes halogenated alkanes) is 7. The van der Waals surface area contributed by atoms with Crippen LogP contribution in [0.1, 0.15) is 83.5 Å². The standard InChI is InChI=1S/C28H49N2O11/c31-15-9-10-24(28(36)37)30-26(33)13-16-38-18-20-40-22-23-41-21-19-39-17-14-29-25(32)11-7-5-3-1-2-4-6-8-12-27(34)35/h24H,1-14,16-23H2,(H,29,32)(H,30,33)(H,34,35)(H,36,37). The maximum absolute atomic E-state index is 11.8. The summed E-state index contributed by atoms with van der Waals surface area (Å²) in [5, 5.41) is 22.8. The molecule has 0 saturated heterocycles. The second kappa shape index (κ2) is 28.9. The van der Waals surface area contributed by atoms with Crippen LogP contribution in [-0.2, 0) is 42.9 Å². The van der Waals surface area contributed by atoms with Gasteiger partial charge in [0, 0.05) is 32.2 Å². The number of rotatable bonds is 31. The summed E-state index contributed by atoms with van der Waals surface area (Å²) < 4.78 is 21.5. The van der Waals surface area contributed by atoms with Crippen LogP contribution in [0, 0.1) is 0 Å². The van der Waals surface area contributed by atoms with Gasteiger partial charge in [-0.15, -0.1) is 0 Å². The number of hydrogen-bond donors (Lipinski definition) is 4. The van der Waals surface area contributed by atoms with Crippen LogP contribution in [0.25, 0.3) is 0 Å². The van der Waals surface area contributed by atoms with E-state index in [1.807, 2.05) is 0 Å². The number of carbonyl (C=O) groups excluding carboxylic acids is 3. The Morgan fingerprint density at radius 2 is 1.10 bits per heavy atom. The zero-order valence-corrected chi connectivity index (χ0v) is 24.2. The lowest BCUT2D eigenvalue weighted by Gasteiger charge is -2.13. The van der Waals surface area contributed by atoms with Crippen molar-refractivity contribution in [2.75, 3.05) is 59.4 Å². The van der Waals surface area contributed by atoms with Crippen molar-refractivity contribution in [2.45, 2.75) is 89.5 Å². The van der Waals surface area contributed by atoms with Crippen LogP contribution < -0.4 is 10.6 Å². The second-order valence-electron chi connectivity index (χ2n) is 9.41. The predicted octanol–water partition coefficient (Wildman–Crippen LogP) is 2.00. The van der Waals surface area contributed by atoms with Crippen molar-refractivity contribution in [3.05, 3.63) is 0 Å². The van der Waals surface area contributed by atoms with Gasteiger partial charge in [0.05, 0.1) is 52.9 Å². The Balaban J connectivity index is 3.35. The number of carboxylic acid groups (broad SMARTS) is 2. The number of nitrogens with one attached hydrogen (secondary N) is 2. The minimum Gasteiger partial charge on any atom is -0.481 e. The van der Waals surface area contributed by atoms with E-state index in [0.29, 0.717) is 52.6 Å². The maximum Gasteiger partial charge on any atom is 0.326 e. The molecule has 0 fully saturated rings. The third-order valence-corrected chi connectivity index (χ3v) is 5.87. The highest BCUT2D eigenvalue weighted by Crippen LogP contribution is 2.10. The summed E-state index contributed by atoms with van der Waals surface area (Å²) in [4.78, 5) is 55.3. The summed E-state index contributed by atoms with van der Waals surface area (Å²) in [7, 11) is 0. The fraction of sp³-hybridized carbons (Fsp3) is 0.821. The molecule has 0 bridgehead atoms. The van der Waals surface area contributed by atoms with E-state index in [2.05, 4.69) is 10.6 Å². The Bertz CT molecular complexity index is 707. The van der Waals surface area contributed by atoms with E-state index in [-0.39, 0.29) is 44.8 Å². The van der Waals surface area contributed by atoms with Crippen molar-refractivity contribution in [3.63, 3.8) is 0 Å². The van der Waals surface area contributed by atoms with E-state index in [0.717, 1.165) is 51.4 Å². The van der Waals surface area contributed by atoms with Crippen LogP contribution in [0.5, 0.6) is 0 Å². The first kappa shape index (κ1) is 38.4. The summed E-state index contributed by atoms with van der Waals surface area (Å²) in [6.45, 7) is 3.18. The summed E-state index contributed by atoms with van der Waals surface area (Å²) in [5.41, 5.74) is 0. The fourth-order valence-corrected chi connectivity index (χ4v) is 3.63. The molecule has 1 atom stereocenters. The molecule has 0 aliphatic heterocycles. The zero-order valence-electron chi connectivity index (χ0n) is 24.2. The van der Waals surface area contributed by atoms with Crippen molar-refractivity contribution in [3.8, 4) is 0 Å². The molecule has 13 heteroatoms. The van der Waals surface area contributed by atoms with Crippen molar-refractivity contribution in [1.82, 2.24) is 10.6 Å². The molecule has 0 saturated carbocycles. The van der Waals surface area contributed by atoms with Gasteiger partial charge in [-0.25, -0.2) is 4.79 Å². The van der Waals surface area contributed by atoms with Crippen molar-refractivity contribution in [1.29, 1.82) is 0 Å². The molecule has 0 aliphatic rings. The van der Waals surface area contributed by atoms with Crippen LogP contribution >= 0.6 is 0 Å². The smallest absolute Gasteiger partial charge is 0.326 e. The molecule has 13 nitrogen and oxygen atoms in total. The molecule has 4 N–H and O–H groups in total. The first-order valence-corrected chi connectivity index (χ1v) is 14.5. The molecule has 0 aromatic rings. The molecule has 2 amide bonds. The first-order chi connectivity index (χ1) is 19.9. The Morgan fingerprint density at radius 1 is 0.610 bits per heavy atom. The minimum atomic E-state index is -1.20. The number of carboxylic acids is 2. The van der Waals surface area contributed by atoms with E-state index in [4.69, 9.17) is 29.2 Å². The van der Waals surface area contributed by atoms with Crippen LogP contribution in [0.4, 0.5) is 0 Å². The molecule has 0 rings (SSSR count). The van der Waals surface area contributed by atoms with E-state index < -0.39 is 23.9 Å². The molecular formula is C28H49N2O11. The van der Waals surface area contributed by atoms with Gasteiger partial charge >= 0.3 is 11.9 Å². The van der Waals surface area contributed by atoms with Gasteiger partial charge in [0.15, 0.2) is 6.29 Å². The van der Waals surface area contributed by atoms with Crippen molar-refractivity contribution < 1.29 is 53.1 Å². The maximum atomic E-state index is 11.8. The average Bonchev–Trinajstić information content (AvgIpc) is 2.93. The lowest BCUT2D eigenvalue weighted by Crippen LogP contribution is -2.41. The molecule has 1 unspecified atom stereocenters. The van der Waals surface area contributed by atoms with Crippen LogP contribution in [-0.4, -0.2) is 106 Å². The molecule has 41 heavy (non-hydrogen) atoms. The van der Waals surface area contributed by atoms with E-state index >= 15 is 0 Å². The van der Waals surface area contributed by atoms with Gasteiger partial charge in [0.1, 0.15) is 6.04 Å². The summed E-state index contributed by atoms with van der Waals surface area (Å²) >= 11 is 0. The molecule has 0 spiro atoms. The number of aliphatic carboxylic acids is 2.